The van der Waals surface area contributed by atoms with Crippen LogP contribution < -0.4 is 0 Å². The molecular formula is C16H15ClN4O3S. The first-order valence-corrected chi connectivity index (χ1v) is 9.18. The lowest BCUT2D eigenvalue weighted by Crippen LogP contribution is -2.27. The predicted octanol–water partition coefficient (Wildman–Crippen LogP) is 2.98. The van der Waals surface area contributed by atoms with E-state index in [9.17, 15) is 9.90 Å². The van der Waals surface area contributed by atoms with Gasteiger partial charge in [0.05, 0.1) is 17.4 Å². The zero-order valence-corrected chi connectivity index (χ0v) is 14.7. The third-order valence-electron chi connectivity index (χ3n) is 4.11. The van der Waals surface area contributed by atoms with Gasteiger partial charge in [-0.25, -0.2) is 0 Å². The van der Waals surface area contributed by atoms with Crippen LogP contribution in [0.4, 0.5) is 0 Å². The molecule has 0 aliphatic carbocycles. The van der Waals surface area contributed by atoms with Gasteiger partial charge in [0.1, 0.15) is 6.10 Å². The topological polar surface area (TPSA) is 89.6 Å². The summed E-state index contributed by atoms with van der Waals surface area (Å²) >= 11 is 7.33. The van der Waals surface area contributed by atoms with E-state index in [0.29, 0.717) is 28.3 Å². The molecule has 1 N–H and O–H groups in total. The zero-order valence-electron chi connectivity index (χ0n) is 13.1. The Labute approximate surface area is 153 Å². The molecule has 1 saturated heterocycles. The van der Waals surface area contributed by atoms with Crippen molar-refractivity contribution < 1.29 is 14.6 Å². The van der Waals surface area contributed by atoms with Crippen molar-refractivity contribution >= 4 is 35.0 Å². The van der Waals surface area contributed by atoms with Gasteiger partial charge in [-0.15, -0.1) is 10.2 Å². The van der Waals surface area contributed by atoms with E-state index in [2.05, 4.69) is 15.3 Å². The van der Waals surface area contributed by atoms with E-state index in [1.165, 1.54) is 11.8 Å². The third-order valence-corrected chi connectivity index (χ3v) is 5.51. The molecule has 0 saturated carbocycles. The Morgan fingerprint density at radius 1 is 1.36 bits per heavy atom. The van der Waals surface area contributed by atoms with Crippen LogP contribution in [-0.2, 0) is 9.53 Å². The van der Waals surface area contributed by atoms with Gasteiger partial charge in [0.15, 0.2) is 5.82 Å². The van der Waals surface area contributed by atoms with Crippen molar-refractivity contribution in [3.8, 4) is 0 Å². The number of hydrogen-bond donors (Lipinski definition) is 1. The van der Waals surface area contributed by atoms with Crippen molar-refractivity contribution in [1.29, 1.82) is 0 Å². The molecule has 2 aromatic rings. The van der Waals surface area contributed by atoms with Crippen molar-refractivity contribution in [3.05, 3.63) is 40.7 Å². The molecule has 1 aromatic carbocycles. The standard InChI is InChI=1S/C16H15ClN4O3S/c17-10-5-3-9(4-6-10)14-12(8-13(22)23)25-16-19-18-15(21(16)20-14)11-2-1-7-24-11/h3-6,11-12H,1-2,7-8H2,(H,22,23)/t11-,12+/m1/s1. The van der Waals surface area contributed by atoms with Crippen molar-refractivity contribution in [2.45, 2.75) is 35.8 Å². The molecule has 3 heterocycles. The van der Waals surface area contributed by atoms with E-state index in [1.54, 1.807) is 16.8 Å². The molecule has 0 radical (unpaired) electrons. The summed E-state index contributed by atoms with van der Waals surface area (Å²) in [5, 5.41) is 23.2. The SMILES string of the molecule is O=C(O)C[C@@H]1Sc2nnc([C@H]3CCCO3)n2N=C1c1ccc(Cl)cc1. The summed E-state index contributed by atoms with van der Waals surface area (Å²) in [5.74, 6) is -0.216. The number of hydrogen-bond acceptors (Lipinski definition) is 6. The van der Waals surface area contributed by atoms with Gasteiger partial charge >= 0.3 is 5.97 Å². The average Bonchev–Trinajstić information content (AvgIpc) is 3.23. The first kappa shape index (κ1) is 16.6. The lowest BCUT2D eigenvalue weighted by atomic mass is 10.1. The van der Waals surface area contributed by atoms with Gasteiger partial charge in [-0.2, -0.15) is 9.78 Å². The van der Waals surface area contributed by atoms with Crippen molar-refractivity contribution in [2.75, 3.05) is 6.61 Å². The van der Waals surface area contributed by atoms with E-state index in [1.807, 2.05) is 12.1 Å². The predicted molar refractivity (Wildman–Crippen MR) is 93.2 cm³/mol. The van der Waals surface area contributed by atoms with Crippen LogP contribution in [0.2, 0.25) is 5.02 Å². The Hall–Kier alpha value is -1.90. The first-order chi connectivity index (χ1) is 12.1. The molecule has 0 amide bonds. The van der Waals surface area contributed by atoms with E-state index in [4.69, 9.17) is 16.3 Å². The van der Waals surface area contributed by atoms with Crippen LogP contribution >= 0.6 is 23.4 Å². The molecule has 0 spiro atoms. The van der Waals surface area contributed by atoms with Crippen LogP contribution in [0.3, 0.4) is 0 Å². The Bertz CT molecular complexity index is 830. The normalized spacial score (nSPS) is 22.5. The Balaban J connectivity index is 1.76. The number of carboxylic acids is 1. The number of benzene rings is 1. The van der Waals surface area contributed by atoms with Gasteiger partial charge in [-0.1, -0.05) is 35.5 Å². The van der Waals surface area contributed by atoms with Gasteiger partial charge in [-0.3, -0.25) is 4.79 Å². The highest BCUT2D eigenvalue weighted by atomic mass is 35.5. The maximum absolute atomic E-state index is 11.3. The molecule has 130 valence electrons. The Kier molecular flexibility index (Phi) is 4.49. The third kappa shape index (κ3) is 3.29. The number of nitrogens with zero attached hydrogens (tertiary/aromatic N) is 4. The van der Waals surface area contributed by atoms with Crippen LogP contribution in [-0.4, -0.2) is 43.5 Å². The minimum atomic E-state index is -0.883. The smallest absolute Gasteiger partial charge is 0.304 e. The molecule has 2 aliphatic heterocycles. The van der Waals surface area contributed by atoms with E-state index >= 15 is 0 Å². The van der Waals surface area contributed by atoms with Gasteiger partial charge in [0.25, 0.3) is 0 Å². The van der Waals surface area contributed by atoms with Gasteiger partial charge in [0.2, 0.25) is 5.16 Å². The number of ether oxygens (including phenoxy) is 1. The minimum absolute atomic E-state index is 0.0474. The van der Waals surface area contributed by atoms with Crippen molar-refractivity contribution in [2.24, 2.45) is 5.10 Å². The highest BCUT2D eigenvalue weighted by molar-refractivity contribution is 8.00. The quantitative estimate of drug-likeness (QED) is 0.879. The number of aromatic nitrogens is 3. The van der Waals surface area contributed by atoms with Gasteiger partial charge < -0.3 is 9.84 Å². The highest BCUT2D eigenvalue weighted by Crippen LogP contribution is 2.36. The largest absolute Gasteiger partial charge is 0.481 e. The highest BCUT2D eigenvalue weighted by Gasteiger charge is 2.33. The average molecular weight is 379 g/mol. The molecule has 2 aliphatic rings. The molecule has 1 fully saturated rings. The lowest BCUT2D eigenvalue weighted by molar-refractivity contribution is -0.136. The molecule has 7 nitrogen and oxygen atoms in total. The molecule has 0 bridgehead atoms. The number of carboxylic acid groups (broad SMARTS) is 1. The molecule has 2 atom stereocenters. The molecule has 25 heavy (non-hydrogen) atoms. The molecule has 0 unspecified atom stereocenters. The minimum Gasteiger partial charge on any atom is -0.481 e. The second kappa shape index (κ2) is 6.78. The van der Waals surface area contributed by atoms with Crippen LogP contribution in [0.25, 0.3) is 0 Å². The lowest BCUT2D eigenvalue weighted by Gasteiger charge is -2.22. The van der Waals surface area contributed by atoms with Crippen molar-refractivity contribution in [3.63, 3.8) is 0 Å². The number of aliphatic carboxylic acids is 1. The summed E-state index contributed by atoms with van der Waals surface area (Å²) in [5.41, 5.74) is 1.51. The number of fused-ring (bicyclic) bond motifs is 1. The zero-order chi connectivity index (χ0) is 17.4. The monoisotopic (exact) mass is 378 g/mol. The number of thioether (sulfide) groups is 1. The fraction of sp³-hybridized carbons (Fsp3) is 0.375. The van der Waals surface area contributed by atoms with Crippen LogP contribution in [0.1, 0.15) is 36.8 Å². The summed E-state index contributed by atoms with van der Waals surface area (Å²) < 4.78 is 7.38. The van der Waals surface area contributed by atoms with Crippen LogP contribution in [0, 0.1) is 0 Å². The molecule has 4 rings (SSSR count). The summed E-state index contributed by atoms with van der Waals surface area (Å²) in [6.45, 7) is 0.704. The summed E-state index contributed by atoms with van der Waals surface area (Å²) in [6, 6.07) is 7.23. The van der Waals surface area contributed by atoms with Gasteiger partial charge in [-0.05, 0) is 30.5 Å². The van der Waals surface area contributed by atoms with Crippen LogP contribution in [0.15, 0.2) is 34.5 Å². The maximum atomic E-state index is 11.3. The second-order valence-corrected chi connectivity index (χ2v) is 7.46. The molecular weight excluding hydrogens is 364 g/mol. The first-order valence-electron chi connectivity index (χ1n) is 7.92. The number of carbonyl (C=O) groups is 1. The van der Waals surface area contributed by atoms with Gasteiger partial charge in [0, 0.05) is 11.6 Å². The molecule has 9 heteroatoms. The van der Waals surface area contributed by atoms with E-state index in [-0.39, 0.29) is 17.8 Å². The Morgan fingerprint density at radius 2 is 2.16 bits per heavy atom. The fourth-order valence-electron chi connectivity index (χ4n) is 2.94. The fourth-order valence-corrected chi connectivity index (χ4v) is 4.17. The summed E-state index contributed by atoms with van der Waals surface area (Å²) in [4.78, 5) is 11.3. The van der Waals surface area contributed by atoms with Crippen molar-refractivity contribution in [1.82, 2.24) is 14.9 Å². The van der Waals surface area contributed by atoms with E-state index < -0.39 is 5.97 Å². The van der Waals surface area contributed by atoms with E-state index in [0.717, 1.165) is 18.4 Å². The number of halogens is 1. The summed E-state index contributed by atoms with van der Waals surface area (Å²) in [6.07, 6.45) is 1.70. The van der Waals surface area contributed by atoms with Crippen LogP contribution in [0.5, 0.6) is 0 Å². The maximum Gasteiger partial charge on any atom is 0.304 e. The Morgan fingerprint density at radius 3 is 2.84 bits per heavy atom. The number of rotatable bonds is 4. The molecule has 1 aromatic heterocycles. The summed E-state index contributed by atoms with van der Waals surface area (Å²) in [7, 11) is 0. The second-order valence-electron chi connectivity index (χ2n) is 5.85.